The number of anilines is 2. The zero-order valence-corrected chi connectivity index (χ0v) is 18.3. The average molecular weight is 509 g/mol. The molecule has 0 saturated heterocycles. The van der Waals surface area contributed by atoms with Crippen molar-refractivity contribution < 1.29 is 27.9 Å². The quantitative estimate of drug-likeness (QED) is 0.240. The van der Waals surface area contributed by atoms with Gasteiger partial charge in [0.05, 0.1) is 32.2 Å². The number of aromatic amines is 1. The highest BCUT2D eigenvalue weighted by Crippen LogP contribution is 2.36. The summed E-state index contributed by atoms with van der Waals surface area (Å²) in [5, 5.41) is 13.8. The lowest BCUT2D eigenvalue weighted by molar-refractivity contribution is -0.137. The van der Waals surface area contributed by atoms with Crippen molar-refractivity contribution >= 4 is 57.6 Å². The van der Waals surface area contributed by atoms with Crippen molar-refractivity contribution in [1.82, 2.24) is 9.97 Å². The number of aromatic nitrogens is 2. The number of amides is 2. The topological polar surface area (TPSA) is 107 Å². The first kappa shape index (κ1) is 23.4. The van der Waals surface area contributed by atoms with Crippen molar-refractivity contribution in [2.24, 2.45) is 0 Å². The number of carbonyl (C=O) groups excluding carboxylic acids is 1. The number of carbonyl (C=O) groups is 2. The largest absolute Gasteiger partial charge is 0.478 e. The molecule has 0 aliphatic heterocycles. The van der Waals surface area contributed by atoms with Gasteiger partial charge in [-0.1, -0.05) is 23.2 Å². The second kappa shape index (κ2) is 8.88. The monoisotopic (exact) mass is 508 g/mol. The van der Waals surface area contributed by atoms with Crippen LogP contribution >= 0.6 is 23.2 Å². The molecule has 0 aliphatic rings. The summed E-state index contributed by atoms with van der Waals surface area (Å²) in [6.45, 7) is 0. The summed E-state index contributed by atoms with van der Waals surface area (Å²) >= 11 is 11.9. The predicted octanol–water partition coefficient (Wildman–Crippen LogP) is 6.90. The van der Waals surface area contributed by atoms with Crippen LogP contribution in [0, 0.1) is 0 Å². The molecule has 7 nitrogen and oxygen atoms in total. The normalized spacial score (nSPS) is 11.4. The van der Waals surface area contributed by atoms with Gasteiger partial charge in [0.15, 0.2) is 0 Å². The van der Waals surface area contributed by atoms with E-state index in [4.69, 9.17) is 28.3 Å². The lowest BCUT2D eigenvalue weighted by Crippen LogP contribution is -2.20. The summed E-state index contributed by atoms with van der Waals surface area (Å²) in [5.41, 5.74) is 0.582. The fourth-order valence-electron chi connectivity index (χ4n) is 3.16. The number of carboxylic acids is 1. The van der Waals surface area contributed by atoms with E-state index in [0.717, 1.165) is 12.1 Å². The second-order valence-electron chi connectivity index (χ2n) is 7.09. The van der Waals surface area contributed by atoms with Gasteiger partial charge < -0.3 is 20.7 Å². The minimum atomic E-state index is -4.67. The highest BCUT2D eigenvalue weighted by Gasteiger charge is 2.33. The number of nitrogens with one attached hydrogen (secondary N) is 3. The molecule has 12 heteroatoms. The summed E-state index contributed by atoms with van der Waals surface area (Å²) in [6.07, 6.45) is -4.67. The summed E-state index contributed by atoms with van der Waals surface area (Å²) in [6, 6.07) is 11.1. The standard InChI is InChI=1S/C22H13Cl2F3N4O3/c23-15-4-2-11(28-21(34)29-12-3-5-16(24)14(9-12)22(25,26)27)8-13(15)19-30-17-6-1-10(20(32)33)7-18(17)31-19/h1-9H,(H,30,31)(H,32,33)(H2,28,29,34). The minimum Gasteiger partial charge on any atom is -0.478 e. The molecule has 0 unspecified atom stereocenters. The summed E-state index contributed by atoms with van der Waals surface area (Å²) in [5.74, 6) is -0.760. The number of rotatable bonds is 4. The van der Waals surface area contributed by atoms with Crippen molar-refractivity contribution in [3.8, 4) is 11.4 Å². The van der Waals surface area contributed by atoms with Crippen molar-refractivity contribution in [3.05, 3.63) is 75.8 Å². The first-order chi connectivity index (χ1) is 16.0. The van der Waals surface area contributed by atoms with Gasteiger partial charge in [-0.3, -0.25) is 0 Å². The van der Waals surface area contributed by atoms with Gasteiger partial charge in [-0.25, -0.2) is 14.6 Å². The van der Waals surface area contributed by atoms with Crippen LogP contribution in [-0.4, -0.2) is 27.1 Å². The van der Waals surface area contributed by atoms with E-state index >= 15 is 0 Å². The Morgan fingerprint density at radius 1 is 0.912 bits per heavy atom. The van der Waals surface area contributed by atoms with Crippen LogP contribution in [0.4, 0.5) is 29.3 Å². The van der Waals surface area contributed by atoms with Crippen LogP contribution in [0.5, 0.6) is 0 Å². The SMILES string of the molecule is O=C(Nc1ccc(Cl)c(-c2nc3cc(C(=O)O)ccc3[nH]2)c1)Nc1ccc(Cl)c(C(F)(F)F)c1. The molecular formula is C22H13Cl2F3N4O3. The highest BCUT2D eigenvalue weighted by molar-refractivity contribution is 6.33. The Labute approximate surface area is 199 Å². The number of hydrogen-bond acceptors (Lipinski definition) is 3. The summed E-state index contributed by atoms with van der Waals surface area (Å²) in [4.78, 5) is 30.9. The maximum atomic E-state index is 13.0. The zero-order valence-electron chi connectivity index (χ0n) is 16.8. The van der Waals surface area contributed by atoms with Crippen molar-refractivity contribution in [3.63, 3.8) is 0 Å². The van der Waals surface area contributed by atoms with E-state index in [1.807, 2.05) is 0 Å². The first-order valence-electron chi connectivity index (χ1n) is 9.49. The number of urea groups is 1. The van der Waals surface area contributed by atoms with E-state index < -0.39 is 28.8 Å². The summed E-state index contributed by atoms with van der Waals surface area (Å²) < 4.78 is 39.1. The number of H-pyrrole nitrogens is 1. The van der Waals surface area contributed by atoms with E-state index in [2.05, 4.69) is 20.6 Å². The molecule has 34 heavy (non-hydrogen) atoms. The van der Waals surface area contributed by atoms with Gasteiger partial charge in [0, 0.05) is 16.9 Å². The van der Waals surface area contributed by atoms with Crippen molar-refractivity contribution in [1.29, 1.82) is 0 Å². The van der Waals surface area contributed by atoms with Crippen molar-refractivity contribution in [2.45, 2.75) is 6.18 Å². The second-order valence-corrected chi connectivity index (χ2v) is 7.90. The number of nitrogens with zero attached hydrogens (tertiary/aromatic N) is 1. The number of halogens is 5. The molecule has 2 amide bonds. The van der Waals surface area contributed by atoms with Gasteiger partial charge in [0.25, 0.3) is 0 Å². The number of aromatic carboxylic acids is 1. The van der Waals surface area contributed by atoms with Crippen molar-refractivity contribution in [2.75, 3.05) is 10.6 Å². The molecule has 4 rings (SSSR count). The molecule has 0 bridgehead atoms. The maximum Gasteiger partial charge on any atom is 0.417 e. The molecule has 4 N–H and O–H groups in total. The van der Waals surface area contributed by atoms with Gasteiger partial charge in [0.2, 0.25) is 0 Å². The molecule has 0 radical (unpaired) electrons. The molecule has 0 saturated carbocycles. The lowest BCUT2D eigenvalue weighted by Gasteiger charge is -2.13. The van der Waals surface area contributed by atoms with E-state index in [1.54, 1.807) is 6.07 Å². The Morgan fingerprint density at radius 2 is 1.56 bits per heavy atom. The Kier molecular flexibility index (Phi) is 6.11. The van der Waals surface area contributed by atoms with Crippen LogP contribution in [0.1, 0.15) is 15.9 Å². The van der Waals surface area contributed by atoms with Crippen LogP contribution in [-0.2, 0) is 6.18 Å². The maximum absolute atomic E-state index is 13.0. The number of imidazole rings is 1. The minimum absolute atomic E-state index is 0.0691. The molecule has 1 heterocycles. The number of hydrogen-bond donors (Lipinski definition) is 4. The smallest absolute Gasteiger partial charge is 0.417 e. The predicted molar refractivity (Wildman–Crippen MR) is 123 cm³/mol. The third-order valence-corrected chi connectivity index (χ3v) is 5.40. The molecular weight excluding hydrogens is 496 g/mol. The van der Waals surface area contributed by atoms with Gasteiger partial charge >= 0.3 is 18.2 Å². The van der Waals surface area contributed by atoms with Crippen LogP contribution in [0.2, 0.25) is 10.0 Å². The molecule has 0 atom stereocenters. The van der Waals surface area contributed by atoms with Gasteiger partial charge in [-0.05, 0) is 54.6 Å². The van der Waals surface area contributed by atoms with Crippen LogP contribution in [0.15, 0.2) is 54.6 Å². The van der Waals surface area contributed by atoms with Crippen LogP contribution in [0.25, 0.3) is 22.4 Å². The summed E-state index contributed by atoms with van der Waals surface area (Å²) in [7, 11) is 0. The van der Waals surface area contributed by atoms with E-state index in [9.17, 15) is 22.8 Å². The highest BCUT2D eigenvalue weighted by atomic mass is 35.5. The Morgan fingerprint density at radius 3 is 2.21 bits per heavy atom. The molecule has 4 aromatic rings. The van der Waals surface area contributed by atoms with E-state index in [-0.39, 0.29) is 16.9 Å². The molecule has 1 aromatic heterocycles. The number of fused-ring (bicyclic) bond motifs is 1. The Bertz CT molecular complexity index is 1440. The molecule has 0 fully saturated rings. The van der Waals surface area contributed by atoms with Crippen LogP contribution in [0.3, 0.4) is 0 Å². The molecule has 0 spiro atoms. The Hall–Kier alpha value is -3.76. The van der Waals surface area contributed by atoms with E-state index in [0.29, 0.717) is 27.4 Å². The van der Waals surface area contributed by atoms with Gasteiger partial charge in [-0.15, -0.1) is 0 Å². The first-order valence-corrected chi connectivity index (χ1v) is 10.2. The van der Waals surface area contributed by atoms with Gasteiger partial charge in [0.1, 0.15) is 5.82 Å². The number of benzene rings is 3. The molecule has 174 valence electrons. The van der Waals surface area contributed by atoms with Gasteiger partial charge in [-0.2, -0.15) is 13.2 Å². The Balaban J connectivity index is 1.56. The third-order valence-electron chi connectivity index (χ3n) is 4.74. The lowest BCUT2D eigenvalue weighted by atomic mass is 10.2. The number of carboxylic acid groups (broad SMARTS) is 1. The van der Waals surface area contributed by atoms with E-state index in [1.165, 1.54) is 36.4 Å². The third kappa shape index (κ3) is 4.92. The fraction of sp³-hybridized carbons (Fsp3) is 0.0455. The fourth-order valence-corrected chi connectivity index (χ4v) is 3.60. The van der Waals surface area contributed by atoms with Crippen LogP contribution < -0.4 is 10.6 Å². The number of alkyl halides is 3. The molecule has 3 aromatic carbocycles. The molecule has 0 aliphatic carbocycles. The zero-order chi connectivity index (χ0) is 24.6. The average Bonchev–Trinajstić information content (AvgIpc) is 3.18.